The Morgan fingerprint density at radius 2 is 2.11 bits per heavy atom. The minimum Gasteiger partial charge on any atom is -0.355 e. The van der Waals surface area contributed by atoms with Gasteiger partial charge in [0.2, 0.25) is 5.91 Å². The zero-order chi connectivity index (χ0) is 18.9. The molecule has 1 atom stereocenters. The van der Waals surface area contributed by atoms with Crippen molar-refractivity contribution in [2.24, 2.45) is 5.41 Å². The van der Waals surface area contributed by atoms with Crippen molar-refractivity contribution in [3.8, 4) is 0 Å². The first-order valence-electron chi connectivity index (χ1n) is 9.56. The first kappa shape index (κ1) is 18.3. The normalized spacial score (nSPS) is 22.7. The molecule has 144 valence electrons. The van der Waals surface area contributed by atoms with Crippen LogP contribution in [0.2, 0.25) is 0 Å². The molecule has 2 aromatic rings. The molecule has 27 heavy (non-hydrogen) atoms. The summed E-state index contributed by atoms with van der Waals surface area (Å²) in [6, 6.07) is 0. The molecule has 2 saturated heterocycles. The highest BCUT2D eigenvalue weighted by Gasteiger charge is 2.43. The summed E-state index contributed by atoms with van der Waals surface area (Å²) in [6.07, 6.45) is 8.99. The molecule has 4 heterocycles. The second-order valence-corrected chi connectivity index (χ2v) is 8.78. The molecule has 0 bridgehead atoms. The molecule has 1 spiro atoms. The van der Waals surface area contributed by atoms with Crippen LogP contribution < -0.4 is 10.2 Å². The van der Waals surface area contributed by atoms with Gasteiger partial charge in [0.25, 0.3) is 0 Å². The first-order chi connectivity index (χ1) is 13.0. The topological polar surface area (TPSA) is 74.2 Å². The van der Waals surface area contributed by atoms with Gasteiger partial charge in [0.15, 0.2) is 5.13 Å². The van der Waals surface area contributed by atoms with Crippen LogP contribution in [0.15, 0.2) is 18.6 Å². The predicted molar refractivity (Wildman–Crippen MR) is 107 cm³/mol. The molecule has 2 aliphatic heterocycles. The Kier molecular flexibility index (Phi) is 5.10. The Morgan fingerprint density at radius 1 is 1.26 bits per heavy atom. The lowest BCUT2D eigenvalue weighted by molar-refractivity contribution is -0.114. The number of aromatic nitrogens is 3. The lowest BCUT2D eigenvalue weighted by atomic mass is 9.86. The minimum absolute atomic E-state index is 0.0719. The van der Waals surface area contributed by atoms with Crippen LogP contribution in [0.4, 0.5) is 10.9 Å². The van der Waals surface area contributed by atoms with E-state index in [0.717, 1.165) is 50.7 Å². The summed E-state index contributed by atoms with van der Waals surface area (Å²) >= 11 is 1.57. The summed E-state index contributed by atoms with van der Waals surface area (Å²) in [5, 5.41) is 3.45. The molecule has 8 heteroatoms. The van der Waals surface area contributed by atoms with Crippen LogP contribution in [0.3, 0.4) is 0 Å². The van der Waals surface area contributed by atoms with Gasteiger partial charge in [-0.05, 0) is 25.8 Å². The lowest BCUT2D eigenvalue weighted by Gasteiger charge is -2.25. The number of likely N-dealkylation sites (tertiary alicyclic amines) is 1. The van der Waals surface area contributed by atoms with Gasteiger partial charge in [-0.2, -0.15) is 0 Å². The van der Waals surface area contributed by atoms with Crippen LogP contribution in [-0.2, 0) is 17.8 Å². The standard InChI is InChI=1S/C19H26N6OS/c1-3-15-8-20-10-17(23-15)25-7-5-19(13-25)4-6-24(12-19)11-16-9-21-18(27-16)22-14(2)26/h8-10H,3-7,11-13H2,1-2H3,(H,21,22,26). The van der Waals surface area contributed by atoms with Crippen LogP contribution in [0.5, 0.6) is 0 Å². The molecule has 1 unspecified atom stereocenters. The van der Waals surface area contributed by atoms with E-state index in [-0.39, 0.29) is 5.91 Å². The van der Waals surface area contributed by atoms with Crippen LogP contribution in [0.1, 0.15) is 37.3 Å². The zero-order valence-corrected chi connectivity index (χ0v) is 16.8. The number of nitrogens with one attached hydrogen (secondary N) is 1. The Bertz CT molecular complexity index is 824. The van der Waals surface area contributed by atoms with E-state index in [1.54, 1.807) is 11.3 Å². The van der Waals surface area contributed by atoms with Crippen molar-refractivity contribution in [1.29, 1.82) is 0 Å². The van der Waals surface area contributed by atoms with Gasteiger partial charge >= 0.3 is 0 Å². The number of rotatable bonds is 5. The Balaban J connectivity index is 1.36. The fraction of sp³-hybridized carbons (Fsp3) is 0.579. The quantitative estimate of drug-likeness (QED) is 0.851. The van der Waals surface area contributed by atoms with Gasteiger partial charge in [0.1, 0.15) is 5.82 Å². The number of thiazole rings is 1. The number of amides is 1. The van der Waals surface area contributed by atoms with Gasteiger partial charge in [-0.15, -0.1) is 11.3 Å². The summed E-state index contributed by atoms with van der Waals surface area (Å²) in [6.45, 7) is 8.88. The van der Waals surface area contributed by atoms with Crippen molar-refractivity contribution in [3.63, 3.8) is 0 Å². The molecule has 1 N–H and O–H groups in total. The van der Waals surface area contributed by atoms with E-state index in [1.807, 2.05) is 18.6 Å². The summed E-state index contributed by atoms with van der Waals surface area (Å²) in [7, 11) is 0. The largest absolute Gasteiger partial charge is 0.355 e. The highest BCUT2D eigenvalue weighted by molar-refractivity contribution is 7.15. The fourth-order valence-corrected chi connectivity index (χ4v) is 5.05. The first-order valence-corrected chi connectivity index (χ1v) is 10.4. The SMILES string of the molecule is CCc1cncc(N2CCC3(CCN(Cc4cnc(NC(C)=O)s4)C3)C2)n1. The van der Waals surface area contributed by atoms with Crippen molar-refractivity contribution >= 4 is 28.2 Å². The number of hydrogen-bond acceptors (Lipinski definition) is 7. The van der Waals surface area contributed by atoms with E-state index in [1.165, 1.54) is 24.6 Å². The lowest BCUT2D eigenvalue weighted by Crippen LogP contribution is -2.31. The maximum Gasteiger partial charge on any atom is 0.223 e. The highest BCUT2D eigenvalue weighted by Crippen LogP contribution is 2.41. The third-order valence-corrected chi connectivity index (χ3v) is 6.43. The summed E-state index contributed by atoms with van der Waals surface area (Å²) in [4.78, 5) is 30.7. The second kappa shape index (κ2) is 7.52. The number of anilines is 2. The average molecular weight is 387 g/mol. The summed E-state index contributed by atoms with van der Waals surface area (Å²) < 4.78 is 0. The molecule has 2 fully saturated rings. The van der Waals surface area contributed by atoms with Crippen LogP contribution >= 0.6 is 11.3 Å². The third-order valence-electron chi connectivity index (χ3n) is 5.53. The number of aryl methyl sites for hydroxylation is 1. The van der Waals surface area contributed by atoms with E-state index in [2.05, 4.69) is 32.0 Å². The Hall–Kier alpha value is -2.06. The van der Waals surface area contributed by atoms with E-state index in [9.17, 15) is 4.79 Å². The molecule has 0 radical (unpaired) electrons. The second-order valence-electron chi connectivity index (χ2n) is 7.67. The van der Waals surface area contributed by atoms with E-state index in [0.29, 0.717) is 10.5 Å². The molecule has 0 aliphatic carbocycles. The molecular formula is C19H26N6OS. The number of hydrogen-bond donors (Lipinski definition) is 1. The van der Waals surface area contributed by atoms with Crippen LogP contribution in [0, 0.1) is 5.41 Å². The van der Waals surface area contributed by atoms with Crippen LogP contribution in [0.25, 0.3) is 0 Å². The van der Waals surface area contributed by atoms with Gasteiger partial charge in [0, 0.05) is 55.8 Å². The Labute approximate surface area is 163 Å². The minimum atomic E-state index is -0.0719. The molecule has 0 saturated carbocycles. The molecule has 2 aliphatic rings. The smallest absolute Gasteiger partial charge is 0.223 e. The van der Waals surface area contributed by atoms with Gasteiger partial charge < -0.3 is 10.2 Å². The maximum atomic E-state index is 11.2. The van der Waals surface area contributed by atoms with Crippen LogP contribution in [-0.4, -0.2) is 51.9 Å². The molecule has 7 nitrogen and oxygen atoms in total. The molecule has 2 aromatic heterocycles. The van der Waals surface area contributed by atoms with Crippen molar-refractivity contribution in [2.45, 2.75) is 39.7 Å². The van der Waals surface area contributed by atoms with Gasteiger partial charge in [0.05, 0.1) is 11.9 Å². The third kappa shape index (κ3) is 4.11. The predicted octanol–water partition coefficient (Wildman–Crippen LogP) is 2.56. The van der Waals surface area contributed by atoms with Crippen molar-refractivity contribution in [1.82, 2.24) is 19.9 Å². The average Bonchev–Trinajstić information content (AvgIpc) is 3.37. The van der Waals surface area contributed by atoms with Gasteiger partial charge in [-0.3, -0.25) is 14.7 Å². The molecule has 1 amide bonds. The van der Waals surface area contributed by atoms with Crippen molar-refractivity contribution in [3.05, 3.63) is 29.2 Å². The maximum absolute atomic E-state index is 11.2. The summed E-state index contributed by atoms with van der Waals surface area (Å²) in [5.74, 6) is 0.949. The zero-order valence-electron chi connectivity index (χ0n) is 15.9. The van der Waals surface area contributed by atoms with E-state index >= 15 is 0 Å². The van der Waals surface area contributed by atoms with E-state index in [4.69, 9.17) is 4.98 Å². The fourth-order valence-electron chi connectivity index (χ4n) is 4.15. The number of carbonyl (C=O) groups excluding carboxylic acids is 1. The Morgan fingerprint density at radius 3 is 2.93 bits per heavy atom. The monoisotopic (exact) mass is 386 g/mol. The molecule has 0 aromatic carbocycles. The number of carbonyl (C=O) groups is 1. The highest BCUT2D eigenvalue weighted by atomic mass is 32.1. The van der Waals surface area contributed by atoms with Crippen molar-refractivity contribution < 1.29 is 4.79 Å². The van der Waals surface area contributed by atoms with Gasteiger partial charge in [-0.1, -0.05) is 6.92 Å². The molecule has 4 rings (SSSR count). The summed E-state index contributed by atoms with van der Waals surface area (Å²) in [5.41, 5.74) is 1.41. The number of nitrogens with zero attached hydrogens (tertiary/aromatic N) is 5. The van der Waals surface area contributed by atoms with Crippen molar-refractivity contribution in [2.75, 3.05) is 36.4 Å². The molecular weight excluding hydrogens is 360 g/mol. The van der Waals surface area contributed by atoms with Gasteiger partial charge in [-0.25, -0.2) is 9.97 Å². The van der Waals surface area contributed by atoms with E-state index < -0.39 is 0 Å².